The van der Waals surface area contributed by atoms with Gasteiger partial charge >= 0.3 is 0 Å². The third-order valence-corrected chi connectivity index (χ3v) is 6.43. The number of Topliss-reactive ketones (excluding diaryl/α,β-unsaturated/α-hetero) is 1. The number of aromatic nitrogens is 1. The lowest BCUT2D eigenvalue weighted by atomic mass is 9.92. The molecule has 6 nitrogen and oxygen atoms in total. The molecule has 3 N–H and O–H groups in total. The van der Waals surface area contributed by atoms with Crippen LogP contribution in [0.3, 0.4) is 0 Å². The molecule has 4 atom stereocenters. The number of nitrogens with zero attached hydrogens (tertiary/aromatic N) is 2. The molecule has 1 aromatic heterocycles. The topological polar surface area (TPSA) is 96.5 Å². The van der Waals surface area contributed by atoms with Crippen LogP contribution in [0.15, 0.2) is 30.5 Å². The molecule has 3 unspecified atom stereocenters. The number of nitrogens with two attached hydrogens (primary N) is 1. The van der Waals surface area contributed by atoms with Crippen molar-refractivity contribution in [1.82, 2.24) is 4.98 Å². The van der Waals surface area contributed by atoms with E-state index in [9.17, 15) is 13.6 Å². The van der Waals surface area contributed by atoms with Crippen molar-refractivity contribution < 1.29 is 13.6 Å². The van der Waals surface area contributed by atoms with Crippen LogP contribution >= 0.6 is 0 Å². The van der Waals surface area contributed by atoms with Crippen LogP contribution in [0.1, 0.15) is 25.3 Å². The van der Waals surface area contributed by atoms with Gasteiger partial charge in [0.25, 0.3) is 0 Å². The first-order valence-corrected chi connectivity index (χ1v) is 10.0. The van der Waals surface area contributed by atoms with Crippen molar-refractivity contribution in [2.45, 2.75) is 38.0 Å². The van der Waals surface area contributed by atoms with Gasteiger partial charge in [-0.25, -0.2) is 9.19 Å². The van der Waals surface area contributed by atoms with Gasteiger partial charge in [-0.05, 0) is 37.6 Å². The molecule has 1 aromatic carbocycles. The number of hydrogen-bond donors (Lipinski definition) is 2. The summed E-state index contributed by atoms with van der Waals surface area (Å²) < 4.78 is 21.5. The van der Waals surface area contributed by atoms with Crippen LogP contribution in [0, 0.1) is 12.8 Å². The number of aryl methyl sites for hydroxylation is 1. The Morgan fingerprint density at radius 2 is 2.08 bits per heavy atom. The first-order chi connectivity index (χ1) is 12.4. The van der Waals surface area contributed by atoms with Gasteiger partial charge in [-0.15, -0.1) is 0 Å². The number of carbonyl (C=O) groups excluding carboxylic acids is 1. The maximum absolute atomic E-state index is 12.3. The van der Waals surface area contributed by atoms with Gasteiger partial charge in [0, 0.05) is 30.1 Å². The molecule has 1 aliphatic rings. The average Bonchev–Trinajstić information content (AvgIpc) is 2.81. The maximum atomic E-state index is 12.3. The van der Waals surface area contributed by atoms with E-state index in [2.05, 4.69) is 16.0 Å². The van der Waals surface area contributed by atoms with Crippen molar-refractivity contribution in [3.05, 3.63) is 36.0 Å². The highest BCUT2D eigenvalue weighted by atomic mass is 32.2. The minimum absolute atomic E-state index is 0.0164. The largest absolute Gasteiger partial charge is 0.353 e. The van der Waals surface area contributed by atoms with Crippen LogP contribution in [0.25, 0.3) is 10.8 Å². The summed E-state index contributed by atoms with van der Waals surface area (Å²) in [6, 6.07) is 8.13. The minimum atomic E-state index is -2.06. The van der Waals surface area contributed by atoms with E-state index < -0.39 is 22.2 Å². The minimum Gasteiger partial charge on any atom is -0.353 e. The van der Waals surface area contributed by atoms with E-state index in [1.54, 1.807) is 0 Å². The highest BCUT2D eigenvalue weighted by Crippen LogP contribution is 2.33. The van der Waals surface area contributed by atoms with E-state index in [-0.39, 0.29) is 18.4 Å². The van der Waals surface area contributed by atoms with Crippen LogP contribution in [0.5, 0.6) is 0 Å². The van der Waals surface area contributed by atoms with Crippen molar-refractivity contribution in [3.8, 4) is 0 Å². The molecule has 0 spiro atoms. The Hall–Kier alpha value is -1.83. The smallest absolute Gasteiger partial charge is 0.156 e. The maximum Gasteiger partial charge on any atom is 0.156 e. The molecule has 7 heteroatoms. The zero-order valence-electron chi connectivity index (χ0n) is 15.1. The predicted octanol–water partition coefficient (Wildman–Crippen LogP) is 2.27. The Labute approximate surface area is 156 Å². The molecule has 0 amide bonds. The number of carbonyl (C=O) groups is 1. The Morgan fingerprint density at radius 3 is 2.73 bits per heavy atom. The Kier molecular flexibility index (Phi) is 5.70. The monoisotopic (exact) mass is 375 g/mol. The first-order valence-electron chi connectivity index (χ1n) is 8.87. The second-order valence-electron chi connectivity index (χ2n) is 6.97. The SMILES string of the molecule is Cc1cnc(N2CC[C@H](S(=O)O)C(C(=O)CN)CC2C)c2ccccc12. The van der Waals surface area contributed by atoms with Crippen molar-refractivity contribution >= 4 is 33.5 Å². The van der Waals surface area contributed by atoms with Gasteiger partial charge in [0.05, 0.1) is 11.8 Å². The summed E-state index contributed by atoms with van der Waals surface area (Å²) in [6.07, 6.45) is 2.81. The summed E-state index contributed by atoms with van der Waals surface area (Å²) in [7, 11) is 0. The van der Waals surface area contributed by atoms with Crippen molar-refractivity contribution in [3.63, 3.8) is 0 Å². The van der Waals surface area contributed by atoms with Gasteiger partial charge < -0.3 is 15.2 Å². The molecule has 1 fully saturated rings. The van der Waals surface area contributed by atoms with Gasteiger partial charge in [0.15, 0.2) is 16.9 Å². The lowest BCUT2D eigenvalue weighted by molar-refractivity contribution is -0.121. The predicted molar refractivity (Wildman–Crippen MR) is 105 cm³/mol. The lowest BCUT2D eigenvalue weighted by Crippen LogP contribution is -2.37. The van der Waals surface area contributed by atoms with Gasteiger partial charge in [-0.2, -0.15) is 0 Å². The quantitative estimate of drug-likeness (QED) is 0.796. The second kappa shape index (κ2) is 7.82. The highest BCUT2D eigenvalue weighted by molar-refractivity contribution is 7.79. The number of pyridine rings is 1. The van der Waals surface area contributed by atoms with Crippen LogP contribution < -0.4 is 10.6 Å². The molecule has 2 aromatic rings. The molecule has 2 heterocycles. The third-order valence-electron chi connectivity index (χ3n) is 5.35. The summed E-state index contributed by atoms with van der Waals surface area (Å²) >= 11 is -2.06. The van der Waals surface area contributed by atoms with E-state index in [0.717, 1.165) is 22.2 Å². The molecule has 0 aliphatic carbocycles. The first kappa shape index (κ1) is 18.9. The second-order valence-corrected chi connectivity index (χ2v) is 8.13. The molecule has 3 rings (SSSR count). The number of hydrogen-bond acceptors (Lipinski definition) is 5. The Morgan fingerprint density at radius 1 is 1.38 bits per heavy atom. The van der Waals surface area contributed by atoms with Crippen LogP contribution in [0.2, 0.25) is 0 Å². The fraction of sp³-hybridized carbons (Fsp3) is 0.474. The summed E-state index contributed by atoms with van der Waals surface area (Å²) in [5.74, 6) is 0.220. The van der Waals surface area contributed by atoms with Crippen molar-refractivity contribution in [2.75, 3.05) is 18.0 Å². The van der Waals surface area contributed by atoms with E-state index in [1.807, 2.05) is 38.2 Å². The van der Waals surface area contributed by atoms with Gasteiger partial charge in [-0.1, -0.05) is 24.3 Å². The molecular weight excluding hydrogens is 350 g/mol. The number of anilines is 1. The summed E-state index contributed by atoms with van der Waals surface area (Å²) in [6.45, 7) is 4.55. The number of ketones is 1. The molecule has 0 bridgehead atoms. The zero-order chi connectivity index (χ0) is 18.8. The van der Waals surface area contributed by atoms with Crippen molar-refractivity contribution in [2.24, 2.45) is 11.7 Å². The summed E-state index contributed by atoms with van der Waals surface area (Å²) in [5.41, 5.74) is 6.65. The number of benzene rings is 1. The zero-order valence-corrected chi connectivity index (χ0v) is 15.9. The fourth-order valence-electron chi connectivity index (χ4n) is 3.93. The third kappa shape index (κ3) is 3.51. The van der Waals surface area contributed by atoms with E-state index in [0.29, 0.717) is 19.4 Å². The van der Waals surface area contributed by atoms with Crippen molar-refractivity contribution in [1.29, 1.82) is 0 Å². The van der Waals surface area contributed by atoms with Gasteiger partial charge in [0.2, 0.25) is 0 Å². The Bertz CT molecular complexity index is 842. The summed E-state index contributed by atoms with van der Waals surface area (Å²) in [4.78, 5) is 19.1. The lowest BCUT2D eigenvalue weighted by Gasteiger charge is -2.30. The van der Waals surface area contributed by atoms with Crippen LogP contribution in [-0.2, 0) is 15.9 Å². The standard InChI is InChI=1S/C19H25N3O3S/c1-12-11-21-19(15-6-4-3-5-14(12)15)22-8-7-18(26(24)25)16(9-13(22)2)17(23)10-20/h3-6,11,13,16,18H,7-10,20H2,1-2H3,(H,24,25)/t13?,16?,18-/m0/s1. The number of fused-ring (bicyclic) bond motifs is 1. The van der Waals surface area contributed by atoms with Crippen LogP contribution in [-0.4, -0.2) is 43.9 Å². The van der Waals surface area contributed by atoms with Gasteiger partial charge in [0.1, 0.15) is 5.82 Å². The summed E-state index contributed by atoms with van der Waals surface area (Å²) in [5, 5.41) is 1.62. The van der Waals surface area contributed by atoms with Gasteiger partial charge in [-0.3, -0.25) is 4.79 Å². The number of rotatable bonds is 4. The van der Waals surface area contributed by atoms with E-state index >= 15 is 0 Å². The molecule has 0 saturated carbocycles. The molecule has 26 heavy (non-hydrogen) atoms. The molecule has 1 saturated heterocycles. The van der Waals surface area contributed by atoms with Crippen LogP contribution in [0.4, 0.5) is 5.82 Å². The molecule has 1 aliphatic heterocycles. The fourth-order valence-corrected chi connectivity index (χ4v) is 4.78. The molecular formula is C19H25N3O3S. The molecule has 0 radical (unpaired) electrons. The Balaban J connectivity index is 2.01. The molecule has 140 valence electrons. The van der Waals surface area contributed by atoms with E-state index in [4.69, 9.17) is 5.73 Å². The highest BCUT2D eigenvalue weighted by Gasteiger charge is 2.37. The van der Waals surface area contributed by atoms with E-state index in [1.165, 1.54) is 0 Å². The average molecular weight is 375 g/mol. The normalized spacial score (nSPS) is 25.1.